The maximum atomic E-state index is 13.4. The number of benzene rings is 1. The van der Waals surface area contributed by atoms with Gasteiger partial charge in [-0.2, -0.15) is 18.4 Å². The van der Waals surface area contributed by atoms with Gasteiger partial charge in [0.25, 0.3) is 5.91 Å². The van der Waals surface area contributed by atoms with Gasteiger partial charge in [-0.1, -0.05) is 19.9 Å². The molecule has 1 aromatic heterocycles. The molecule has 0 spiro atoms. The fourth-order valence-electron chi connectivity index (χ4n) is 3.76. The van der Waals surface area contributed by atoms with Gasteiger partial charge in [0.05, 0.1) is 29.5 Å². The van der Waals surface area contributed by atoms with Crippen LogP contribution in [0.5, 0.6) is 5.88 Å². The quantitative estimate of drug-likeness (QED) is 0.382. The monoisotopic (exact) mass is 519 g/mol. The first-order valence-electron chi connectivity index (χ1n) is 11.4. The highest BCUT2D eigenvalue weighted by atomic mass is 32.1. The van der Waals surface area contributed by atoms with E-state index in [1.807, 2.05) is 6.07 Å². The average Bonchev–Trinajstić information content (AvgIpc) is 2.98. The van der Waals surface area contributed by atoms with Gasteiger partial charge in [-0.15, -0.1) is 0 Å². The zero-order valence-corrected chi connectivity index (χ0v) is 21.3. The second kappa shape index (κ2) is 10.8. The Bertz CT molecular complexity index is 1160. The highest BCUT2D eigenvalue weighted by Gasteiger charge is 2.49. The lowest BCUT2D eigenvalue weighted by Gasteiger charge is -2.29. The molecule has 0 bridgehead atoms. The van der Waals surface area contributed by atoms with E-state index in [4.69, 9.17) is 22.2 Å². The van der Waals surface area contributed by atoms with E-state index in [1.165, 1.54) is 12.1 Å². The molecule has 192 valence electrons. The number of carbonyl (C=O) groups excluding carboxylic acids is 1. The molecule has 1 fully saturated rings. The molecule has 7 nitrogen and oxygen atoms in total. The van der Waals surface area contributed by atoms with Gasteiger partial charge < -0.3 is 15.0 Å². The molecule has 3 rings (SSSR count). The summed E-state index contributed by atoms with van der Waals surface area (Å²) in [7, 11) is 0. The summed E-state index contributed by atoms with van der Waals surface area (Å²) in [6.07, 6.45) is -2.49. The summed E-state index contributed by atoms with van der Waals surface area (Å²) < 4.78 is 46.0. The van der Waals surface area contributed by atoms with Crippen LogP contribution < -0.4 is 15.0 Å². The smallest absolute Gasteiger partial charge is 0.417 e. The molecule has 0 atom stereocenters. The third kappa shape index (κ3) is 5.94. The molecule has 0 unspecified atom stereocenters. The highest BCUT2D eigenvalue weighted by Crippen LogP contribution is 2.37. The Labute approximate surface area is 213 Å². The van der Waals surface area contributed by atoms with Crippen LogP contribution in [0.3, 0.4) is 0 Å². The van der Waals surface area contributed by atoms with Gasteiger partial charge in [-0.3, -0.25) is 9.69 Å². The van der Waals surface area contributed by atoms with Crippen LogP contribution in [0.4, 0.5) is 18.9 Å². The fraction of sp³-hybridized carbons (Fsp3) is 0.440. The molecule has 11 heteroatoms. The number of rotatable bonds is 9. The van der Waals surface area contributed by atoms with E-state index < -0.39 is 28.7 Å². The summed E-state index contributed by atoms with van der Waals surface area (Å²) in [5.74, 6) is 0.0278. The highest BCUT2D eigenvalue weighted by molar-refractivity contribution is 7.80. The lowest BCUT2D eigenvalue weighted by Crippen LogP contribution is -2.44. The summed E-state index contributed by atoms with van der Waals surface area (Å²) >= 11 is 5.49. The van der Waals surface area contributed by atoms with E-state index in [0.29, 0.717) is 38.0 Å². The van der Waals surface area contributed by atoms with Gasteiger partial charge in [0.1, 0.15) is 5.54 Å². The second-order valence-corrected chi connectivity index (χ2v) is 9.58. The molecule has 36 heavy (non-hydrogen) atoms. The fourth-order valence-corrected chi connectivity index (χ4v) is 4.27. The Morgan fingerprint density at radius 2 is 1.97 bits per heavy atom. The predicted molar refractivity (Wildman–Crippen MR) is 133 cm³/mol. The van der Waals surface area contributed by atoms with Crippen LogP contribution >= 0.6 is 12.2 Å². The number of alkyl halides is 3. The second-order valence-electron chi connectivity index (χ2n) is 9.22. The SMILES string of the molecule is CC(C)NCc1ccc(OCCCN2C(=S)N(c3ccc(C#N)c(C(F)(F)F)c3)C(=O)C2(C)C)nc1. The normalized spacial score (nSPS) is 15.5. The summed E-state index contributed by atoms with van der Waals surface area (Å²) in [6, 6.07) is 8.76. The minimum Gasteiger partial charge on any atom is -0.478 e. The zero-order chi connectivity index (χ0) is 26.7. The Morgan fingerprint density at radius 1 is 1.25 bits per heavy atom. The van der Waals surface area contributed by atoms with Crippen molar-refractivity contribution >= 4 is 28.9 Å². The first kappa shape index (κ1) is 27.4. The van der Waals surface area contributed by atoms with E-state index >= 15 is 0 Å². The summed E-state index contributed by atoms with van der Waals surface area (Å²) in [4.78, 5) is 20.2. The van der Waals surface area contributed by atoms with Gasteiger partial charge in [-0.05, 0) is 56.2 Å². The minimum atomic E-state index is -4.74. The van der Waals surface area contributed by atoms with Crippen LogP contribution in [0.1, 0.15) is 50.8 Å². The maximum absolute atomic E-state index is 13.4. The lowest BCUT2D eigenvalue weighted by molar-refractivity contribution is -0.137. The Kier molecular flexibility index (Phi) is 8.21. The van der Waals surface area contributed by atoms with Crippen LogP contribution in [0.15, 0.2) is 36.5 Å². The number of ether oxygens (including phenoxy) is 1. The number of carbonyl (C=O) groups is 1. The molecule has 1 aromatic carbocycles. The van der Waals surface area contributed by atoms with Crippen LogP contribution in [0.25, 0.3) is 0 Å². The Morgan fingerprint density at radius 3 is 2.56 bits per heavy atom. The molecule has 0 aliphatic carbocycles. The number of thiocarbonyl (C=S) groups is 1. The molecular weight excluding hydrogens is 491 g/mol. The number of amides is 1. The number of nitriles is 1. The van der Waals surface area contributed by atoms with Crippen LogP contribution in [-0.2, 0) is 17.5 Å². The molecular formula is C25H28F3N5O2S. The molecule has 1 aliphatic rings. The summed E-state index contributed by atoms with van der Waals surface area (Å²) in [6.45, 7) is 8.84. The van der Waals surface area contributed by atoms with Crippen LogP contribution in [0.2, 0.25) is 0 Å². The van der Waals surface area contributed by atoms with Gasteiger partial charge in [-0.25, -0.2) is 4.98 Å². The molecule has 1 amide bonds. The van der Waals surface area contributed by atoms with E-state index in [9.17, 15) is 18.0 Å². The van der Waals surface area contributed by atoms with Crippen molar-refractivity contribution in [1.29, 1.82) is 5.26 Å². The van der Waals surface area contributed by atoms with Crippen molar-refractivity contribution in [2.24, 2.45) is 0 Å². The molecule has 1 aliphatic heterocycles. The van der Waals surface area contributed by atoms with Gasteiger partial charge in [0.2, 0.25) is 5.88 Å². The van der Waals surface area contributed by atoms with Crippen molar-refractivity contribution in [3.05, 3.63) is 53.2 Å². The molecule has 2 heterocycles. The lowest BCUT2D eigenvalue weighted by atomic mass is 10.0. The molecule has 0 radical (unpaired) electrons. The van der Waals surface area contributed by atoms with Crippen LogP contribution in [-0.4, -0.2) is 45.6 Å². The van der Waals surface area contributed by atoms with E-state index in [2.05, 4.69) is 24.1 Å². The minimum absolute atomic E-state index is 0.0283. The summed E-state index contributed by atoms with van der Waals surface area (Å²) in [5, 5.41) is 12.5. The Balaban J connectivity index is 1.65. The number of nitrogens with one attached hydrogen (secondary N) is 1. The van der Waals surface area contributed by atoms with Crippen molar-refractivity contribution in [3.63, 3.8) is 0 Å². The summed E-state index contributed by atoms with van der Waals surface area (Å²) in [5.41, 5.74) is -1.68. The average molecular weight is 520 g/mol. The number of halogens is 3. The third-order valence-corrected chi connectivity index (χ3v) is 6.20. The standard InChI is InChI=1S/C25H28F3N5O2S/c1-16(2)30-14-17-6-9-21(31-15-17)35-11-5-10-32-23(36)33(22(34)24(32,3)4)19-8-7-18(13-29)20(12-19)25(26,27)28/h6-9,12,15-16,30H,5,10-11,14H2,1-4H3. The van der Waals surface area contributed by atoms with Crippen molar-refractivity contribution in [2.75, 3.05) is 18.1 Å². The van der Waals surface area contributed by atoms with E-state index in [0.717, 1.165) is 22.6 Å². The van der Waals surface area contributed by atoms with E-state index in [1.54, 1.807) is 31.0 Å². The molecule has 1 saturated heterocycles. The number of hydrogen-bond donors (Lipinski definition) is 1. The van der Waals surface area contributed by atoms with Gasteiger partial charge in [0, 0.05) is 31.4 Å². The number of aromatic nitrogens is 1. The first-order chi connectivity index (χ1) is 16.9. The van der Waals surface area contributed by atoms with Gasteiger partial charge in [0.15, 0.2) is 5.11 Å². The Hall–Kier alpha value is -3.23. The zero-order valence-electron chi connectivity index (χ0n) is 20.5. The predicted octanol–water partition coefficient (Wildman–Crippen LogP) is 4.65. The van der Waals surface area contributed by atoms with Crippen molar-refractivity contribution in [3.8, 4) is 11.9 Å². The van der Waals surface area contributed by atoms with Crippen molar-refractivity contribution < 1.29 is 22.7 Å². The number of hydrogen-bond acceptors (Lipinski definition) is 6. The molecule has 2 aromatic rings. The third-order valence-electron chi connectivity index (χ3n) is 5.80. The van der Waals surface area contributed by atoms with Crippen LogP contribution in [0, 0.1) is 11.3 Å². The van der Waals surface area contributed by atoms with Gasteiger partial charge >= 0.3 is 6.18 Å². The largest absolute Gasteiger partial charge is 0.478 e. The molecule has 0 saturated carbocycles. The number of nitrogens with zero attached hydrogens (tertiary/aromatic N) is 4. The van der Waals surface area contributed by atoms with Crippen molar-refractivity contribution in [1.82, 2.24) is 15.2 Å². The maximum Gasteiger partial charge on any atom is 0.417 e. The number of anilines is 1. The first-order valence-corrected chi connectivity index (χ1v) is 11.9. The van der Waals surface area contributed by atoms with Crippen molar-refractivity contribution in [2.45, 2.75) is 58.4 Å². The number of pyridine rings is 1. The topological polar surface area (TPSA) is 81.5 Å². The van der Waals surface area contributed by atoms with E-state index in [-0.39, 0.29) is 10.8 Å². The molecule has 1 N–H and O–H groups in total.